The van der Waals surface area contributed by atoms with Crippen molar-refractivity contribution >= 4 is 19.7 Å². The van der Waals surface area contributed by atoms with Gasteiger partial charge in [-0.1, -0.05) is 275 Å². The van der Waals surface area contributed by atoms with Gasteiger partial charge in [0.15, 0.2) is 0 Å². The molecule has 2 N–H and O–H groups in total. The maximum absolute atomic E-state index is 13.6. The van der Waals surface area contributed by atoms with Crippen LogP contribution >= 0.6 is 7.82 Å². The first kappa shape index (κ1) is 77.7. The van der Waals surface area contributed by atoms with Crippen molar-refractivity contribution in [3.05, 3.63) is 60.8 Å². The summed E-state index contributed by atoms with van der Waals surface area (Å²) in [6, 6.07) is -0.855. The van der Waals surface area contributed by atoms with E-state index in [1.54, 1.807) is 0 Å². The summed E-state index contributed by atoms with van der Waals surface area (Å²) < 4.78 is 30.8. The van der Waals surface area contributed by atoms with Crippen LogP contribution in [0.25, 0.3) is 0 Å². The van der Waals surface area contributed by atoms with E-state index in [1.165, 1.54) is 205 Å². The van der Waals surface area contributed by atoms with Gasteiger partial charge in [-0.05, 0) is 96.0 Å². The summed E-state index contributed by atoms with van der Waals surface area (Å²) in [7, 11) is 1.49. The average Bonchev–Trinajstić information content (AvgIpc) is 3.43. The molecule has 0 radical (unpaired) electrons. The van der Waals surface area contributed by atoms with Crippen molar-refractivity contribution in [3.63, 3.8) is 0 Å². The molecule has 0 spiro atoms. The first-order valence-electron chi connectivity index (χ1n) is 34.1. The van der Waals surface area contributed by atoms with E-state index in [-0.39, 0.29) is 31.5 Å². The predicted octanol–water partition coefficient (Wildman–Crippen LogP) is 21.4. The maximum atomic E-state index is 13.6. The smallest absolute Gasteiger partial charge is 0.456 e. The number of carbonyl (C=O) groups is 2. The largest absolute Gasteiger partial charge is 0.472 e. The minimum absolute atomic E-state index is 0.0377. The number of unbranched alkanes of at least 4 members (excludes halogenated alkanes) is 38. The van der Waals surface area contributed by atoms with Crippen molar-refractivity contribution in [2.45, 2.75) is 335 Å². The lowest BCUT2D eigenvalue weighted by Gasteiger charge is -2.27. The molecule has 1 amide bonds. The number of phosphoric ester groups is 1. The van der Waals surface area contributed by atoms with Crippen LogP contribution < -0.4 is 5.32 Å². The van der Waals surface area contributed by atoms with Crippen molar-refractivity contribution in [2.24, 2.45) is 0 Å². The number of quaternary nitrogens is 1. The molecule has 3 unspecified atom stereocenters. The highest BCUT2D eigenvalue weighted by molar-refractivity contribution is 7.47. The summed E-state index contributed by atoms with van der Waals surface area (Å²) in [5.41, 5.74) is 0. The Morgan fingerprint density at radius 1 is 0.438 bits per heavy atom. The van der Waals surface area contributed by atoms with Crippen molar-refractivity contribution in [2.75, 3.05) is 40.9 Å². The first-order chi connectivity index (χ1) is 38.9. The number of phosphoric acid groups is 1. The maximum Gasteiger partial charge on any atom is 0.472 e. The number of hydrogen-bond donors (Lipinski definition) is 2. The summed E-state index contributed by atoms with van der Waals surface area (Å²) >= 11 is 0. The van der Waals surface area contributed by atoms with Gasteiger partial charge in [0, 0.05) is 12.8 Å². The van der Waals surface area contributed by atoms with Gasteiger partial charge in [0.25, 0.3) is 0 Å². The topological polar surface area (TPSA) is 111 Å². The van der Waals surface area contributed by atoms with E-state index in [4.69, 9.17) is 13.8 Å². The molecule has 0 aliphatic carbocycles. The van der Waals surface area contributed by atoms with E-state index >= 15 is 0 Å². The molecule has 3 atom stereocenters. The Labute approximate surface area is 496 Å². The second-order valence-electron chi connectivity index (χ2n) is 24.3. The van der Waals surface area contributed by atoms with Crippen LogP contribution in [-0.4, -0.2) is 74.3 Å². The summed E-state index contributed by atoms with van der Waals surface area (Å²) in [5.74, 6) is -0.510. The molecule has 9 nitrogen and oxygen atoms in total. The third kappa shape index (κ3) is 60.3. The number of amides is 1. The Hall–Kier alpha value is -2.29. The van der Waals surface area contributed by atoms with Crippen LogP contribution in [0.5, 0.6) is 0 Å². The second kappa shape index (κ2) is 59.9. The molecule has 0 aromatic carbocycles. The lowest BCUT2D eigenvalue weighted by molar-refractivity contribution is -0.870. The SMILES string of the molecule is CCCCC/C=C\C/C=C\C/C=C\CCCCCCCCC(=O)OC(/C=C\CCCCCCCCCCCC)C(COP(=O)(O)OCC[N+](C)(C)C)NC(=O)CCCCCCCCCCCCCCC/C=C/CCCCCCCC. The highest BCUT2D eigenvalue weighted by atomic mass is 31.2. The zero-order chi connectivity index (χ0) is 58.6. The van der Waals surface area contributed by atoms with Crippen LogP contribution in [0.4, 0.5) is 0 Å². The third-order valence-corrected chi connectivity index (χ3v) is 16.2. The van der Waals surface area contributed by atoms with Crippen LogP contribution in [0.3, 0.4) is 0 Å². The molecule has 0 fully saturated rings. The van der Waals surface area contributed by atoms with Crippen LogP contribution in [0.1, 0.15) is 323 Å². The van der Waals surface area contributed by atoms with E-state index in [0.717, 1.165) is 83.5 Å². The van der Waals surface area contributed by atoms with Crippen molar-refractivity contribution in [3.8, 4) is 0 Å². The fourth-order valence-corrected chi connectivity index (χ4v) is 10.6. The van der Waals surface area contributed by atoms with Gasteiger partial charge in [-0.2, -0.15) is 0 Å². The van der Waals surface area contributed by atoms with Gasteiger partial charge in [-0.3, -0.25) is 18.6 Å². The van der Waals surface area contributed by atoms with Crippen molar-refractivity contribution in [1.82, 2.24) is 5.32 Å². The lowest BCUT2D eigenvalue weighted by atomic mass is 10.0. The molecule has 0 saturated carbocycles. The molecule has 468 valence electrons. The zero-order valence-electron chi connectivity index (χ0n) is 53.6. The molecule has 0 aromatic rings. The van der Waals surface area contributed by atoms with Crippen LogP contribution in [0, 0.1) is 0 Å². The Kier molecular flexibility index (Phi) is 58.1. The number of nitrogens with one attached hydrogen (secondary N) is 1. The minimum Gasteiger partial charge on any atom is -0.456 e. The Balaban J connectivity index is 5.14. The van der Waals surface area contributed by atoms with Crippen molar-refractivity contribution < 1.29 is 37.3 Å². The van der Waals surface area contributed by atoms with E-state index in [0.29, 0.717) is 17.4 Å². The summed E-state index contributed by atoms with van der Waals surface area (Å²) in [5, 5.41) is 3.07. The summed E-state index contributed by atoms with van der Waals surface area (Å²) in [6.07, 6.45) is 76.5. The van der Waals surface area contributed by atoms with Crippen LogP contribution in [0.2, 0.25) is 0 Å². The van der Waals surface area contributed by atoms with Crippen molar-refractivity contribution in [1.29, 1.82) is 0 Å². The zero-order valence-corrected chi connectivity index (χ0v) is 54.5. The highest BCUT2D eigenvalue weighted by Gasteiger charge is 2.30. The molecular formula is C70H132N2O7P+. The molecule has 0 bridgehead atoms. The van der Waals surface area contributed by atoms with E-state index in [2.05, 4.69) is 74.7 Å². The first-order valence-corrected chi connectivity index (χ1v) is 35.6. The molecule has 0 saturated heterocycles. The third-order valence-electron chi connectivity index (χ3n) is 15.2. The predicted molar refractivity (Wildman–Crippen MR) is 346 cm³/mol. The average molecular weight is 1140 g/mol. The van der Waals surface area contributed by atoms with Crippen LogP contribution in [-0.2, 0) is 27.9 Å². The van der Waals surface area contributed by atoms with Crippen LogP contribution in [0.15, 0.2) is 60.8 Å². The number of allylic oxidation sites excluding steroid dienone is 9. The highest BCUT2D eigenvalue weighted by Crippen LogP contribution is 2.43. The summed E-state index contributed by atoms with van der Waals surface area (Å²) in [6.45, 7) is 7.00. The number of nitrogens with zero attached hydrogens (tertiary/aromatic N) is 1. The lowest BCUT2D eigenvalue weighted by Crippen LogP contribution is -2.47. The second-order valence-corrected chi connectivity index (χ2v) is 25.8. The molecule has 0 rings (SSSR count). The van der Waals surface area contributed by atoms with Gasteiger partial charge in [-0.15, -0.1) is 0 Å². The number of hydrogen-bond acceptors (Lipinski definition) is 6. The fourth-order valence-electron chi connectivity index (χ4n) is 9.88. The van der Waals surface area contributed by atoms with E-state index < -0.39 is 20.0 Å². The number of ether oxygens (including phenoxy) is 1. The van der Waals surface area contributed by atoms with Gasteiger partial charge < -0.3 is 19.4 Å². The normalized spacial score (nSPS) is 13.9. The number of rotatable bonds is 62. The van der Waals surface area contributed by atoms with E-state index in [1.807, 2.05) is 33.3 Å². The molecular weight excluding hydrogens is 1010 g/mol. The molecule has 0 aliphatic rings. The molecule has 10 heteroatoms. The standard InChI is InChI=1S/C70H131N2O7P/c1-7-10-13-16-19-22-25-28-30-32-34-35-36-37-39-40-42-44-47-50-53-56-59-62-69(73)71-67(66-78-80(75,76)77-65-64-72(4,5)6)68(61-58-55-52-49-46-27-24-21-18-15-12-9-3)79-70(74)63-60-57-54-51-48-45-43-41-38-33-31-29-26-23-20-17-14-11-8-2/h20,23,28-31,38,41,58,61,67-68H,7-19,21-22,24-27,32-37,39-40,42-57,59-60,62-66H2,1-6H3,(H-,71,73,75,76)/p+1/b23-20-,30-28+,31-29-,41-38-,61-58-. The Morgan fingerprint density at radius 2 is 0.762 bits per heavy atom. The minimum atomic E-state index is -4.46. The molecule has 0 aliphatic heterocycles. The molecule has 0 aromatic heterocycles. The Bertz CT molecular complexity index is 1550. The number of esters is 1. The van der Waals surface area contributed by atoms with E-state index in [9.17, 15) is 19.0 Å². The summed E-state index contributed by atoms with van der Waals surface area (Å²) in [4.78, 5) is 37.8. The Morgan fingerprint density at radius 3 is 1.18 bits per heavy atom. The van der Waals surface area contributed by atoms with Gasteiger partial charge in [-0.25, -0.2) is 4.57 Å². The fraction of sp³-hybridized carbons (Fsp3) is 0.829. The quantitative estimate of drug-likeness (QED) is 0.0205. The number of carbonyl (C=O) groups excluding carboxylic acids is 2. The number of likely N-dealkylation sites (N-methyl/N-ethyl adjacent to an activating group) is 1. The van der Waals surface area contributed by atoms with Gasteiger partial charge >= 0.3 is 13.8 Å². The monoisotopic (exact) mass is 1140 g/mol. The van der Waals surface area contributed by atoms with Gasteiger partial charge in [0.1, 0.15) is 19.3 Å². The van der Waals surface area contributed by atoms with Gasteiger partial charge in [0.2, 0.25) is 5.91 Å². The molecule has 0 heterocycles. The van der Waals surface area contributed by atoms with Gasteiger partial charge in [0.05, 0.1) is 33.8 Å². The molecule has 80 heavy (non-hydrogen) atoms.